The lowest BCUT2D eigenvalue weighted by Crippen LogP contribution is -2.32. The van der Waals surface area contributed by atoms with Crippen LogP contribution in [0.4, 0.5) is 0 Å². The van der Waals surface area contributed by atoms with Crippen LogP contribution in [0.25, 0.3) is 5.65 Å². The zero-order chi connectivity index (χ0) is 10.9. The molecule has 2 aromatic rings. The van der Waals surface area contributed by atoms with Crippen LogP contribution >= 0.6 is 0 Å². The molecule has 0 saturated carbocycles. The highest BCUT2D eigenvalue weighted by Crippen LogP contribution is 2.12. The van der Waals surface area contributed by atoms with E-state index in [0.29, 0.717) is 0 Å². The molecule has 4 heteroatoms. The third-order valence-electron chi connectivity index (χ3n) is 2.42. The molecule has 15 heavy (non-hydrogen) atoms. The van der Waals surface area contributed by atoms with E-state index in [1.807, 2.05) is 26.2 Å². The molecule has 0 unspecified atom stereocenters. The second-order valence-electron chi connectivity index (χ2n) is 4.54. The van der Waals surface area contributed by atoms with Gasteiger partial charge in [-0.05, 0) is 26.7 Å². The van der Waals surface area contributed by atoms with Crippen molar-refractivity contribution in [3.63, 3.8) is 0 Å². The van der Waals surface area contributed by atoms with Crippen molar-refractivity contribution in [1.29, 1.82) is 0 Å². The van der Waals surface area contributed by atoms with E-state index >= 15 is 0 Å². The minimum Gasteiger partial charge on any atom is -0.326 e. The maximum Gasteiger partial charge on any atom is 0.155 e. The number of nitrogens with zero attached hydrogens (tertiary/aromatic N) is 3. The van der Waals surface area contributed by atoms with Crippen LogP contribution in [0.5, 0.6) is 0 Å². The summed E-state index contributed by atoms with van der Waals surface area (Å²) in [5.41, 5.74) is 7.90. The summed E-state index contributed by atoms with van der Waals surface area (Å²) in [6.07, 6.45) is 9.24. The smallest absolute Gasteiger partial charge is 0.155 e. The Morgan fingerprint density at radius 1 is 1.40 bits per heavy atom. The van der Waals surface area contributed by atoms with Crippen molar-refractivity contribution < 1.29 is 0 Å². The van der Waals surface area contributed by atoms with Crippen LogP contribution in [0, 0.1) is 0 Å². The van der Waals surface area contributed by atoms with Crippen molar-refractivity contribution in [3.8, 4) is 0 Å². The zero-order valence-electron chi connectivity index (χ0n) is 9.14. The van der Waals surface area contributed by atoms with Gasteiger partial charge in [-0.3, -0.25) is 4.98 Å². The number of hydrogen-bond donors (Lipinski definition) is 1. The lowest BCUT2D eigenvalue weighted by atomic mass is 9.99. The van der Waals surface area contributed by atoms with E-state index in [9.17, 15) is 0 Å². The normalized spacial score (nSPS) is 12.2. The summed E-state index contributed by atoms with van der Waals surface area (Å²) in [5, 5.41) is 0. The molecular formula is C11H16N4. The van der Waals surface area contributed by atoms with Crippen LogP contribution in [0.3, 0.4) is 0 Å². The predicted octanol–water partition coefficient (Wildman–Crippen LogP) is 1.40. The number of fused-ring (bicyclic) bond motifs is 1. The molecule has 0 radical (unpaired) electrons. The fourth-order valence-electron chi connectivity index (χ4n) is 1.53. The minimum absolute atomic E-state index is 0.128. The quantitative estimate of drug-likeness (QED) is 0.822. The highest BCUT2D eigenvalue weighted by Gasteiger charge is 2.12. The Balaban J connectivity index is 2.22. The summed E-state index contributed by atoms with van der Waals surface area (Å²) in [6, 6.07) is 0. The first kappa shape index (κ1) is 10.1. The van der Waals surface area contributed by atoms with Crippen LogP contribution in [0.15, 0.2) is 24.8 Å². The van der Waals surface area contributed by atoms with Gasteiger partial charge in [-0.25, -0.2) is 4.98 Å². The molecule has 0 bridgehead atoms. The summed E-state index contributed by atoms with van der Waals surface area (Å²) >= 11 is 0. The Hall–Kier alpha value is -1.42. The Morgan fingerprint density at radius 2 is 2.20 bits per heavy atom. The molecule has 0 aliphatic carbocycles. The zero-order valence-corrected chi connectivity index (χ0v) is 9.14. The van der Waals surface area contributed by atoms with E-state index in [2.05, 4.69) is 14.4 Å². The highest BCUT2D eigenvalue weighted by molar-refractivity contribution is 5.36. The standard InChI is InChI=1S/C11H16N4/c1-11(2,12)4-3-9-7-14-10-8-13-5-6-15(9)10/h5-8H,3-4,12H2,1-2H3. The third-order valence-corrected chi connectivity index (χ3v) is 2.42. The SMILES string of the molecule is CC(C)(N)CCc1cnc2cnccn12. The van der Waals surface area contributed by atoms with Gasteiger partial charge in [0.25, 0.3) is 0 Å². The van der Waals surface area contributed by atoms with Crippen LogP contribution < -0.4 is 5.73 Å². The maximum absolute atomic E-state index is 5.95. The molecule has 0 aliphatic rings. The summed E-state index contributed by atoms with van der Waals surface area (Å²) in [4.78, 5) is 8.31. The van der Waals surface area contributed by atoms with E-state index < -0.39 is 0 Å². The van der Waals surface area contributed by atoms with E-state index in [-0.39, 0.29) is 5.54 Å². The summed E-state index contributed by atoms with van der Waals surface area (Å²) in [7, 11) is 0. The molecular weight excluding hydrogens is 188 g/mol. The molecule has 0 amide bonds. The molecule has 2 N–H and O–H groups in total. The van der Waals surface area contributed by atoms with Crippen molar-refractivity contribution in [3.05, 3.63) is 30.5 Å². The molecule has 0 saturated heterocycles. The van der Waals surface area contributed by atoms with Crippen molar-refractivity contribution in [2.75, 3.05) is 0 Å². The molecule has 0 fully saturated rings. The van der Waals surface area contributed by atoms with Gasteiger partial charge in [-0.2, -0.15) is 0 Å². The first-order chi connectivity index (χ1) is 7.06. The predicted molar refractivity (Wildman–Crippen MR) is 59.6 cm³/mol. The van der Waals surface area contributed by atoms with Gasteiger partial charge in [0.05, 0.1) is 6.20 Å². The summed E-state index contributed by atoms with van der Waals surface area (Å²) in [5.74, 6) is 0. The first-order valence-corrected chi connectivity index (χ1v) is 5.11. The second kappa shape index (κ2) is 3.62. The topological polar surface area (TPSA) is 56.2 Å². The number of aryl methyl sites for hydroxylation is 1. The minimum atomic E-state index is -0.128. The number of aromatic nitrogens is 3. The van der Waals surface area contributed by atoms with Gasteiger partial charge < -0.3 is 10.1 Å². The maximum atomic E-state index is 5.95. The molecule has 2 aromatic heterocycles. The molecule has 2 heterocycles. The lowest BCUT2D eigenvalue weighted by Gasteiger charge is -2.17. The largest absolute Gasteiger partial charge is 0.326 e. The highest BCUT2D eigenvalue weighted by atomic mass is 15.0. The van der Waals surface area contributed by atoms with E-state index in [4.69, 9.17) is 5.73 Å². The average molecular weight is 204 g/mol. The van der Waals surface area contributed by atoms with Crippen LogP contribution in [-0.4, -0.2) is 19.9 Å². The van der Waals surface area contributed by atoms with Gasteiger partial charge in [0.1, 0.15) is 0 Å². The molecule has 80 valence electrons. The van der Waals surface area contributed by atoms with Gasteiger partial charge >= 0.3 is 0 Å². The van der Waals surface area contributed by atoms with Gasteiger partial charge in [0, 0.05) is 29.8 Å². The molecule has 2 rings (SSSR count). The Morgan fingerprint density at radius 3 is 2.93 bits per heavy atom. The van der Waals surface area contributed by atoms with Crippen LogP contribution in [-0.2, 0) is 6.42 Å². The molecule has 0 atom stereocenters. The first-order valence-electron chi connectivity index (χ1n) is 5.11. The molecule has 4 nitrogen and oxygen atoms in total. The Kier molecular flexibility index (Phi) is 2.44. The number of nitrogens with two attached hydrogens (primary N) is 1. The number of rotatable bonds is 3. The Bertz CT molecular complexity index is 453. The van der Waals surface area contributed by atoms with Crippen molar-refractivity contribution in [1.82, 2.24) is 14.4 Å². The van der Waals surface area contributed by atoms with Crippen molar-refractivity contribution in [2.24, 2.45) is 5.73 Å². The van der Waals surface area contributed by atoms with Crippen molar-refractivity contribution >= 4 is 5.65 Å². The fraction of sp³-hybridized carbons (Fsp3) is 0.455. The van der Waals surface area contributed by atoms with Crippen LogP contribution in [0.2, 0.25) is 0 Å². The lowest BCUT2D eigenvalue weighted by molar-refractivity contribution is 0.473. The van der Waals surface area contributed by atoms with Gasteiger partial charge in [0.2, 0.25) is 0 Å². The fourth-order valence-corrected chi connectivity index (χ4v) is 1.53. The van der Waals surface area contributed by atoms with E-state index in [1.54, 1.807) is 12.4 Å². The van der Waals surface area contributed by atoms with E-state index in [1.165, 1.54) is 5.69 Å². The monoisotopic (exact) mass is 204 g/mol. The number of imidazole rings is 1. The van der Waals surface area contributed by atoms with Crippen LogP contribution in [0.1, 0.15) is 26.0 Å². The second-order valence-corrected chi connectivity index (χ2v) is 4.54. The van der Waals surface area contributed by atoms with Crippen molar-refractivity contribution in [2.45, 2.75) is 32.2 Å². The Labute approximate surface area is 89.2 Å². The number of hydrogen-bond acceptors (Lipinski definition) is 3. The summed E-state index contributed by atoms with van der Waals surface area (Å²) in [6.45, 7) is 4.08. The third kappa shape index (κ3) is 2.33. The van der Waals surface area contributed by atoms with Gasteiger partial charge in [-0.15, -0.1) is 0 Å². The van der Waals surface area contributed by atoms with Gasteiger partial charge in [-0.1, -0.05) is 0 Å². The molecule has 0 aliphatic heterocycles. The summed E-state index contributed by atoms with van der Waals surface area (Å²) < 4.78 is 2.05. The van der Waals surface area contributed by atoms with E-state index in [0.717, 1.165) is 18.5 Å². The average Bonchev–Trinajstić information content (AvgIpc) is 2.57. The molecule has 0 aromatic carbocycles. The molecule has 0 spiro atoms. The van der Waals surface area contributed by atoms with Gasteiger partial charge in [0.15, 0.2) is 5.65 Å².